The Morgan fingerprint density at radius 3 is 2.71 bits per heavy atom. The molecule has 0 radical (unpaired) electrons. The molecule has 0 heterocycles. The maximum atomic E-state index is 13.5. The molecule has 0 amide bonds. The summed E-state index contributed by atoms with van der Waals surface area (Å²) in [6, 6.07) is 8.60. The van der Waals surface area contributed by atoms with Crippen LogP contribution in [0.2, 0.25) is 0 Å². The average molecular weight is 190 g/mol. The summed E-state index contributed by atoms with van der Waals surface area (Å²) in [5, 5.41) is 4.37. The quantitative estimate of drug-likeness (QED) is 0.678. The summed E-state index contributed by atoms with van der Waals surface area (Å²) in [7, 11) is 1.80. The van der Waals surface area contributed by atoms with Gasteiger partial charge in [0, 0.05) is 23.8 Å². The van der Waals surface area contributed by atoms with Gasteiger partial charge in [0.1, 0.15) is 5.82 Å². The summed E-state index contributed by atoms with van der Waals surface area (Å²) in [6.45, 7) is 0. The minimum atomic E-state index is -0.280. The van der Waals surface area contributed by atoms with Crippen LogP contribution >= 0.6 is 0 Å². The molecule has 0 saturated carbocycles. The summed E-state index contributed by atoms with van der Waals surface area (Å²) < 4.78 is 13.5. The molecule has 0 unspecified atom stereocenters. The highest BCUT2D eigenvalue weighted by Gasteiger charge is 2.02. The molecule has 0 fully saturated rings. The number of nitrogen functional groups attached to an aromatic ring is 1. The predicted octanol–water partition coefficient (Wildman–Crippen LogP) is 2.60. The third-order valence-electron chi connectivity index (χ3n) is 2.21. The van der Waals surface area contributed by atoms with Gasteiger partial charge in [0.25, 0.3) is 0 Å². The normalized spacial score (nSPS) is 10.4. The van der Waals surface area contributed by atoms with Crippen molar-refractivity contribution in [1.82, 2.24) is 0 Å². The monoisotopic (exact) mass is 190 g/mol. The lowest BCUT2D eigenvalue weighted by atomic mass is 10.1. The molecule has 14 heavy (non-hydrogen) atoms. The number of nitrogens with two attached hydrogens (primary N) is 1. The van der Waals surface area contributed by atoms with Crippen LogP contribution in [0.4, 0.5) is 15.8 Å². The molecule has 2 aromatic rings. The van der Waals surface area contributed by atoms with E-state index in [1.54, 1.807) is 19.2 Å². The van der Waals surface area contributed by atoms with Crippen LogP contribution in [0.5, 0.6) is 0 Å². The maximum absolute atomic E-state index is 13.5. The average Bonchev–Trinajstić information content (AvgIpc) is 2.17. The lowest BCUT2D eigenvalue weighted by Gasteiger charge is -2.04. The molecule has 0 spiro atoms. The molecule has 0 saturated heterocycles. The number of fused-ring (bicyclic) bond motifs is 1. The summed E-state index contributed by atoms with van der Waals surface area (Å²) in [5.74, 6) is -0.280. The van der Waals surface area contributed by atoms with Gasteiger partial charge in [0.05, 0.1) is 0 Å². The van der Waals surface area contributed by atoms with Gasteiger partial charge in [-0.15, -0.1) is 0 Å². The topological polar surface area (TPSA) is 38.0 Å². The van der Waals surface area contributed by atoms with Crippen molar-refractivity contribution in [2.45, 2.75) is 0 Å². The number of hydrogen-bond donors (Lipinski definition) is 2. The molecule has 0 aromatic heterocycles. The number of nitrogens with one attached hydrogen (secondary N) is 1. The van der Waals surface area contributed by atoms with Crippen molar-refractivity contribution in [1.29, 1.82) is 0 Å². The van der Waals surface area contributed by atoms with E-state index < -0.39 is 0 Å². The predicted molar refractivity (Wildman–Crippen MR) is 57.9 cm³/mol. The first-order valence-corrected chi connectivity index (χ1v) is 4.37. The van der Waals surface area contributed by atoms with Crippen LogP contribution in [0.3, 0.4) is 0 Å². The third-order valence-corrected chi connectivity index (χ3v) is 2.21. The molecule has 72 valence electrons. The van der Waals surface area contributed by atoms with Crippen LogP contribution < -0.4 is 11.1 Å². The van der Waals surface area contributed by atoms with E-state index >= 15 is 0 Å². The first-order valence-electron chi connectivity index (χ1n) is 4.37. The van der Waals surface area contributed by atoms with E-state index in [2.05, 4.69) is 5.32 Å². The Morgan fingerprint density at radius 2 is 2.00 bits per heavy atom. The van der Waals surface area contributed by atoms with Crippen molar-refractivity contribution in [2.24, 2.45) is 0 Å². The smallest absolute Gasteiger partial charge is 0.133 e. The second-order valence-electron chi connectivity index (χ2n) is 3.19. The van der Waals surface area contributed by atoms with Crippen molar-refractivity contribution < 1.29 is 4.39 Å². The van der Waals surface area contributed by atoms with Gasteiger partial charge in [0.2, 0.25) is 0 Å². The summed E-state index contributed by atoms with van der Waals surface area (Å²) in [6.07, 6.45) is 0. The summed E-state index contributed by atoms with van der Waals surface area (Å²) >= 11 is 0. The zero-order valence-corrected chi connectivity index (χ0v) is 7.84. The molecule has 0 bridgehead atoms. The van der Waals surface area contributed by atoms with E-state index in [-0.39, 0.29) is 5.82 Å². The minimum Gasteiger partial charge on any atom is -0.399 e. The van der Waals surface area contributed by atoms with Crippen LogP contribution in [0.1, 0.15) is 0 Å². The minimum absolute atomic E-state index is 0.280. The number of anilines is 2. The Balaban J connectivity index is 2.75. The van der Waals surface area contributed by atoms with Crippen molar-refractivity contribution in [3.63, 3.8) is 0 Å². The van der Waals surface area contributed by atoms with E-state index in [4.69, 9.17) is 5.73 Å². The molecular weight excluding hydrogens is 179 g/mol. The van der Waals surface area contributed by atoms with Crippen molar-refractivity contribution in [3.05, 3.63) is 36.1 Å². The summed E-state index contributed by atoms with van der Waals surface area (Å²) in [5.41, 5.74) is 6.88. The lowest BCUT2D eigenvalue weighted by Crippen LogP contribution is -1.91. The number of benzene rings is 2. The Labute approximate surface area is 81.5 Å². The molecule has 3 heteroatoms. The van der Waals surface area contributed by atoms with Crippen molar-refractivity contribution >= 4 is 22.1 Å². The summed E-state index contributed by atoms with van der Waals surface area (Å²) in [4.78, 5) is 0. The highest BCUT2D eigenvalue weighted by molar-refractivity contribution is 5.88. The highest BCUT2D eigenvalue weighted by Crippen LogP contribution is 2.24. The van der Waals surface area contributed by atoms with Crippen LogP contribution in [-0.4, -0.2) is 7.05 Å². The fraction of sp³-hybridized carbons (Fsp3) is 0.0909. The Kier molecular flexibility index (Phi) is 2.00. The van der Waals surface area contributed by atoms with Crippen LogP contribution in [0.25, 0.3) is 10.8 Å². The van der Waals surface area contributed by atoms with Gasteiger partial charge in [-0.1, -0.05) is 6.07 Å². The Morgan fingerprint density at radius 1 is 1.21 bits per heavy atom. The van der Waals surface area contributed by atoms with Gasteiger partial charge in [-0.05, 0) is 29.7 Å². The van der Waals surface area contributed by atoms with Crippen LogP contribution in [-0.2, 0) is 0 Å². The van der Waals surface area contributed by atoms with Gasteiger partial charge in [-0.25, -0.2) is 4.39 Å². The zero-order chi connectivity index (χ0) is 10.1. The molecule has 0 aliphatic carbocycles. The lowest BCUT2D eigenvalue weighted by molar-refractivity contribution is 0.640. The van der Waals surface area contributed by atoms with Crippen LogP contribution in [0.15, 0.2) is 30.3 Å². The molecule has 0 atom stereocenters. The SMILES string of the molecule is CNc1ccc2cc(N)cc(F)c2c1. The molecule has 0 aliphatic heterocycles. The standard InChI is InChI=1S/C11H11FN2/c1-14-9-3-2-7-4-8(13)5-11(12)10(7)6-9/h2-6,14H,13H2,1H3. The number of halogens is 1. The fourth-order valence-corrected chi connectivity index (χ4v) is 1.49. The van der Waals surface area contributed by atoms with Gasteiger partial charge in [0.15, 0.2) is 0 Å². The van der Waals surface area contributed by atoms with E-state index in [1.165, 1.54) is 6.07 Å². The zero-order valence-electron chi connectivity index (χ0n) is 7.84. The Hall–Kier alpha value is -1.77. The van der Waals surface area contributed by atoms with Crippen molar-refractivity contribution in [2.75, 3.05) is 18.1 Å². The second-order valence-corrected chi connectivity index (χ2v) is 3.19. The van der Waals surface area contributed by atoms with E-state index in [1.807, 2.05) is 12.1 Å². The molecule has 0 aliphatic rings. The van der Waals surface area contributed by atoms with Crippen LogP contribution in [0, 0.1) is 5.82 Å². The first-order chi connectivity index (χ1) is 6.70. The molecule has 2 aromatic carbocycles. The second kappa shape index (κ2) is 3.18. The van der Waals surface area contributed by atoms with Gasteiger partial charge in [-0.2, -0.15) is 0 Å². The van der Waals surface area contributed by atoms with Gasteiger partial charge >= 0.3 is 0 Å². The highest BCUT2D eigenvalue weighted by atomic mass is 19.1. The van der Waals surface area contributed by atoms with Gasteiger partial charge < -0.3 is 11.1 Å². The fourth-order valence-electron chi connectivity index (χ4n) is 1.49. The molecule has 2 nitrogen and oxygen atoms in total. The maximum Gasteiger partial charge on any atom is 0.133 e. The van der Waals surface area contributed by atoms with Crippen molar-refractivity contribution in [3.8, 4) is 0 Å². The molecule has 2 rings (SSSR count). The Bertz CT molecular complexity index is 480. The number of hydrogen-bond acceptors (Lipinski definition) is 2. The third kappa shape index (κ3) is 1.37. The van der Waals surface area contributed by atoms with E-state index in [9.17, 15) is 4.39 Å². The molecule has 3 N–H and O–H groups in total. The number of rotatable bonds is 1. The first kappa shape index (κ1) is 8.81. The van der Waals surface area contributed by atoms with Gasteiger partial charge in [-0.3, -0.25) is 0 Å². The molecular formula is C11H11FN2. The van der Waals surface area contributed by atoms with E-state index in [0.717, 1.165) is 11.1 Å². The van der Waals surface area contributed by atoms with E-state index in [0.29, 0.717) is 11.1 Å². The largest absolute Gasteiger partial charge is 0.399 e.